The van der Waals surface area contributed by atoms with E-state index >= 15 is 0 Å². The summed E-state index contributed by atoms with van der Waals surface area (Å²) in [6.07, 6.45) is 0. The van der Waals surface area contributed by atoms with Gasteiger partial charge >= 0.3 is 11.9 Å². The third-order valence-corrected chi connectivity index (χ3v) is 3.16. The van der Waals surface area contributed by atoms with Gasteiger partial charge in [0, 0.05) is 11.1 Å². The maximum atomic E-state index is 14.3. The van der Waals surface area contributed by atoms with Crippen LogP contribution in [0.5, 0.6) is 11.5 Å². The molecule has 4 nitrogen and oxygen atoms in total. The molecular weight excluding hydrogens is 342 g/mol. The van der Waals surface area contributed by atoms with Gasteiger partial charge in [0.15, 0.2) is 5.82 Å². The van der Waals surface area contributed by atoms with E-state index in [1.165, 1.54) is 38.1 Å². The molecule has 0 aliphatic rings. The summed E-state index contributed by atoms with van der Waals surface area (Å²) in [5.74, 6) is -4.60. The standard InChI is InChI=1S/C20H14F2O4/c1-11(2)19(23)25-14-7-5-13(6-8-14)15-9-10-16(18(22)17(15)21)26-20(24)12(3)4/h5-8H,1,3H2,2,4H3. The van der Waals surface area contributed by atoms with E-state index in [4.69, 9.17) is 4.74 Å². The first-order chi connectivity index (χ1) is 12.2. The topological polar surface area (TPSA) is 52.6 Å². The Morgan fingerprint density at radius 1 is 0.885 bits per heavy atom. The molecule has 132 valence electrons. The second-order valence-corrected chi connectivity index (χ2v) is 5.45. The minimum Gasteiger partial charge on any atom is -0.423 e. The number of carbonyl (C=O) groups is 2. The lowest BCUT2D eigenvalue weighted by molar-refractivity contribution is -0.131. The summed E-state index contributed by atoms with van der Waals surface area (Å²) in [5.41, 5.74) is 0.313. The van der Waals surface area contributed by atoms with Gasteiger partial charge in [-0.2, -0.15) is 4.39 Å². The Morgan fingerprint density at radius 3 is 1.96 bits per heavy atom. The average Bonchev–Trinajstić information content (AvgIpc) is 2.59. The van der Waals surface area contributed by atoms with E-state index in [9.17, 15) is 18.4 Å². The summed E-state index contributed by atoms with van der Waals surface area (Å²) < 4.78 is 38.1. The number of hydrogen-bond donors (Lipinski definition) is 0. The van der Waals surface area contributed by atoms with Crippen molar-refractivity contribution in [2.45, 2.75) is 13.8 Å². The highest BCUT2D eigenvalue weighted by atomic mass is 19.2. The molecule has 0 aliphatic carbocycles. The van der Waals surface area contributed by atoms with E-state index in [2.05, 4.69) is 30.0 Å². The molecule has 2 rings (SSSR count). The van der Waals surface area contributed by atoms with Gasteiger partial charge in [0.05, 0.1) is 5.56 Å². The van der Waals surface area contributed by atoms with Gasteiger partial charge in [-0.05, 0) is 49.7 Å². The second kappa shape index (κ2) is 7.62. The Morgan fingerprint density at radius 2 is 1.42 bits per heavy atom. The second-order valence-electron chi connectivity index (χ2n) is 5.45. The monoisotopic (exact) mass is 356 g/mol. The Kier molecular flexibility index (Phi) is 5.53. The van der Waals surface area contributed by atoms with Crippen molar-refractivity contribution in [2.24, 2.45) is 0 Å². The molecule has 0 amide bonds. The fraction of sp³-hybridized carbons (Fsp3) is 0.100. The van der Waals surface area contributed by atoms with Crippen LogP contribution in [0.25, 0.3) is 11.1 Å². The largest absolute Gasteiger partial charge is 0.423 e. The quantitative estimate of drug-likeness (QED) is 0.458. The number of carbonyl (C=O) groups excluding carboxylic acids is 2. The smallest absolute Gasteiger partial charge is 0.339 e. The molecule has 0 atom stereocenters. The summed E-state index contributed by atoms with van der Waals surface area (Å²) in [6, 6.07) is 10.4. The van der Waals surface area contributed by atoms with Gasteiger partial charge in [-0.1, -0.05) is 19.2 Å². The summed E-state index contributed by atoms with van der Waals surface area (Å²) in [4.78, 5) is 22.9. The molecule has 0 saturated heterocycles. The number of esters is 2. The van der Waals surface area contributed by atoms with Gasteiger partial charge in [0.1, 0.15) is 5.75 Å². The lowest BCUT2D eigenvalue weighted by Crippen LogP contribution is -2.09. The molecule has 0 aliphatic heterocycles. The number of halogens is 2. The maximum absolute atomic E-state index is 14.3. The Bertz CT molecular complexity index is 899. The summed E-state index contributed by atoms with van der Waals surface area (Å²) in [7, 11) is 0. The first kappa shape index (κ1) is 18.9. The summed E-state index contributed by atoms with van der Waals surface area (Å²) in [5, 5.41) is 0. The molecule has 0 saturated carbocycles. The van der Waals surface area contributed by atoms with Crippen LogP contribution in [-0.2, 0) is 9.59 Å². The lowest BCUT2D eigenvalue weighted by atomic mass is 10.1. The van der Waals surface area contributed by atoms with E-state index in [0.29, 0.717) is 0 Å². The predicted octanol–water partition coefficient (Wildman–Crippen LogP) is 4.20. The van der Waals surface area contributed by atoms with Gasteiger partial charge in [0.25, 0.3) is 0 Å². The van der Waals surface area contributed by atoms with E-state index < -0.39 is 29.3 Å². The van der Waals surface area contributed by atoms with E-state index in [-0.39, 0.29) is 28.0 Å². The molecule has 0 fully saturated rings. The van der Waals surface area contributed by atoms with E-state index in [1.54, 1.807) is 0 Å². The van der Waals surface area contributed by atoms with Crippen molar-refractivity contribution < 1.29 is 27.8 Å². The Balaban J connectivity index is 2.27. The van der Waals surface area contributed by atoms with Crippen LogP contribution in [0.4, 0.5) is 8.78 Å². The van der Waals surface area contributed by atoms with Crippen LogP contribution in [0.15, 0.2) is 48.6 Å². The molecule has 0 N–H and O–H groups in total. The first-order valence-electron chi connectivity index (χ1n) is 7.38. The number of ether oxygens (including phenoxy) is 2. The van der Waals surface area contributed by atoms with E-state index in [1.807, 2.05) is 0 Å². The third-order valence-electron chi connectivity index (χ3n) is 3.16. The third kappa shape index (κ3) is 4.14. The molecule has 26 heavy (non-hydrogen) atoms. The molecule has 0 bridgehead atoms. The fourth-order valence-electron chi connectivity index (χ4n) is 1.77. The van der Waals surface area contributed by atoms with Crippen molar-refractivity contribution in [1.29, 1.82) is 0 Å². The zero-order valence-electron chi connectivity index (χ0n) is 14.1. The molecule has 2 aromatic carbocycles. The SMILES string of the molecule is C=C(C)C(=O)Oc1ccc(-c2c#cc(OC(=O)C(=C)C)c(F)c2F)cc1. The van der Waals surface area contributed by atoms with Crippen LogP contribution >= 0.6 is 0 Å². The maximum Gasteiger partial charge on any atom is 0.339 e. The highest BCUT2D eigenvalue weighted by Gasteiger charge is 2.18. The summed E-state index contributed by atoms with van der Waals surface area (Å²) >= 11 is 0. The van der Waals surface area contributed by atoms with Crippen LogP contribution in [0.1, 0.15) is 13.8 Å². The van der Waals surface area contributed by atoms with Crippen LogP contribution in [0, 0.1) is 23.8 Å². The van der Waals surface area contributed by atoms with Crippen molar-refractivity contribution in [2.75, 3.05) is 0 Å². The van der Waals surface area contributed by atoms with Crippen molar-refractivity contribution in [3.63, 3.8) is 0 Å². The molecule has 0 unspecified atom stereocenters. The van der Waals surface area contributed by atoms with Crippen LogP contribution < -0.4 is 9.47 Å². The molecule has 0 spiro atoms. The molecule has 0 aromatic heterocycles. The molecule has 2 aromatic rings. The van der Waals surface area contributed by atoms with E-state index in [0.717, 1.165) is 0 Å². The molecule has 0 heterocycles. The Labute approximate surface area is 149 Å². The van der Waals surface area contributed by atoms with Gasteiger partial charge < -0.3 is 9.47 Å². The number of hydrogen-bond acceptors (Lipinski definition) is 4. The normalized spacial score (nSPS) is 9.85. The zero-order chi connectivity index (χ0) is 19.4. The van der Waals surface area contributed by atoms with Crippen LogP contribution in [0.2, 0.25) is 0 Å². The average molecular weight is 356 g/mol. The molecule has 0 radical (unpaired) electrons. The van der Waals surface area contributed by atoms with Gasteiger partial charge in [-0.25, -0.2) is 14.0 Å². The van der Waals surface area contributed by atoms with Crippen LogP contribution in [0.3, 0.4) is 0 Å². The minimum absolute atomic E-state index is 0.0298. The molecular formula is C20H14F2O4. The van der Waals surface area contributed by atoms with Crippen LogP contribution in [-0.4, -0.2) is 11.9 Å². The van der Waals surface area contributed by atoms with Crippen molar-refractivity contribution in [3.8, 4) is 22.6 Å². The Hall–Kier alpha value is -3.46. The van der Waals surface area contributed by atoms with Crippen molar-refractivity contribution >= 4 is 11.9 Å². The highest BCUT2D eigenvalue weighted by molar-refractivity contribution is 5.89. The highest BCUT2D eigenvalue weighted by Crippen LogP contribution is 2.28. The zero-order valence-corrected chi connectivity index (χ0v) is 14.1. The summed E-state index contributed by atoms with van der Waals surface area (Å²) in [6.45, 7) is 9.69. The van der Waals surface area contributed by atoms with Gasteiger partial charge in [0.2, 0.25) is 11.6 Å². The van der Waals surface area contributed by atoms with Crippen molar-refractivity contribution in [3.05, 3.63) is 72.3 Å². The van der Waals surface area contributed by atoms with Crippen molar-refractivity contribution in [1.82, 2.24) is 0 Å². The fourth-order valence-corrected chi connectivity index (χ4v) is 1.77. The lowest BCUT2D eigenvalue weighted by Gasteiger charge is -2.07. The van der Waals surface area contributed by atoms with Gasteiger partial charge in [-0.15, -0.1) is 0 Å². The minimum atomic E-state index is -1.37. The number of rotatable bonds is 5. The predicted molar refractivity (Wildman–Crippen MR) is 90.4 cm³/mol. The first-order valence-corrected chi connectivity index (χ1v) is 7.38. The van der Waals surface area contributed by atoms with Gasteiger partial charge in [-0.3, -0.25) is 0 Å². The molecule has 6 heteroatoms. The number of benzene rings is 1.